The van der Waals surface area contributed by atoms with Crippen LogP contribution in [0.5, 0.6) is 5.75 Å². The van der Waals surface area contributed by atoms with Gasteiger partial charge in [0.05, 0.1) is 0 Å². The second kappa shape index (κ2) is 10.1. The molecule has 0 heterocycles. The van der Waals surface area contributed by atoms with Gasteiger partial charge in [0, 0.05) is 22.3 Å². The molecule has 180 valence electrons. The first-order chi connectivity index (χ1) is 15.2. The van der Waals surface area contributed by atoms with Gasteiger partial charge in [0.25, 0.3) is 5.91 Å². The minimum absolute atomic E-state index is 0.203. The first-order valence-corrected chi connectivity index (χ1v) is 11.8. The number of Topliss-reactive ketones (excluding diaryl/α,β-unsaturated/α-hetero) is 1. The van der Waals surface area contributed by atoms with Crippen molar-refractivity contribution in [3.63, 3.8) is 0 Å². The smallest absolute Gasteiger partial charge is 0.253 e. The van der Waals surface area contributed by atoms with Gasteiger partial charge in [-0.1, -0.05) is 91.6 Å². The van der Waals surface area contributed by atoms with Gasteiger partial charge >= 0.3 is 0 Å². The van der Waals surface area contributed by atoms with Crippen LogP contribution in [-0.2, 0) is 10.8 Å². The molecule has 0 spiro atoms. The highest BCUT2D eigenvalue weighted by atomic mass is 16.3. The van der Waals surface area contributed by atoms with E-state index in [1.807, 2.05) is 47.6 Å². The predicted octanol–water partition coefficient (Wildman–Crippen LogP) is 5.84. The van der Waals surface area contributed by atoms with E-state index in [0.29, 0.717) is 28.7 Å². The van der Waals surface area contributed by atoms with E-state index < -0.39 is 11.6 Å². The quantitative estimate of drug-likeness (QED) is 0.267. The number of carbonyl (C=O) groups is 2. The van der Waals surface area contributed by atoms with Crippen LogP contribution >= 0.6 is 0 Å². The number of phenols is 1. The fourth-order valence-electron chi connectivity index (χ4n) is 3.92. The van der Waals surface area contributed by atoms with Gasteiger partial charge in [0.15, 0.2) is 5.66 Å². The minimum Gasteiger partial charge on any atom is -0.507 e. The number of carbonyl (C=O) groups excluding carboxylic acids is 2. The number of nitrogens with two attached hydrogens (primary N) is 1. The van der Waals surface area contributed by atoms with Gasteiger partial charge in [-0.3, -0.25) is 9.59 Å². The maximum absolute atomic E-state index is 13.5. The second-order valence-electron chi connectivity index (χ2n) is 11.0. The molecule has 0 radical (unpaired) electrons. The molecule has 0 aromatic heterocycles. The number of rotatable bonds is 8. The van der Waals surface area contributed by atoms with Crippen molar-refractivity contribution >= 4 is 11.7 Å². The van der Waals surface area contributed by atoms with Gasteiger partial charge in [-0.2, -0.15) is 0 Å². The highest BCUT2D eigenvalue weighted by Crippen LogP contribution is 2.39. The molecule has 33 heavy (non-hydrogen) atoms. The van der Waals surface area contributed by atoms with Crippen LogP contribution < -0.4 is 11.1 Å². The lowest BCUT2D eigenvalue weighted by atomic mass is 9.78. The summed E-state index contributed by atoms with van der Waals surface area (Å²) < 4.78 is 0. The van der Waals surface area contributed by atoms with Crippen molar-refractivity contribution < 1.29 is 14.7 Å². The van der Waals surface area contributed by atoms with Crippen LogP contribution in [0.3, 0.4) is 0 Å². The first-order valence-electron chi connectivity index (χ1n) is 11.8. The van der Waals surface area contributed by atoms with E-state index in [-0.39, 0.29) is 22.4 Å². The third kappa shape index (κ3) is 6.44. The molecule has 1 atom stereocenters. The first kappa shape index (κ1) is 26.6. The number of amides is 1. The van der Waals surface area contributed by atoms with Crippen molar-refractivity contribution in [2.75, 3.05) is 0 Å². The van der Waals surface area contributed by atoms with Crippen LogP contribution in [-0.4, -0.2) is 22.5 Å². The normalized spacial score (nSPS) is 13.9. The lowest BCUT2D eigenvalue weighted by Gasteiger charge is -2.31. The average Bonchev–Trinajstić information content (AvgIpc) is 2.72. The highest BCUT2D eigenvalue weighted by Gasteiger charge is 2.37. The second-order valence-corrected chi connectivity index (χ2v) is 11.0. The molecule has 0 fully saturated rings. The van der Waals surface area contributed by atoms with Crippen LogP contribution in [0.2, 0.25) is 0 Å². The summed E-state index contributed by atoms with van der Waals surface area (Å²) in [6.45, 7) is 14.0. The lowest BCUT2D eigenvalue weighted by molar-refractivity contribution is 0.0756. The molecule has 0 saturated heterocycles. The van der Waals surface area contributed by atoms with Gasteiger partial charge in [-0.15, -0.1) is 0 Å². The highest BCUT2D eigenvalue weighted by molar-refractivity contribution is 6.06. The van der Waals surface area contributed by atoms with Crippen molar-refractivity contribution in [1.29, 1.82) is 0 Å². The SMILES string of the molecule is CCCCCC(N)(NC(=O)c1cc(C(C)(C)C)c(O)c(C(C)(C)C)c1)C(=O)c1ccccc1. The molecule has 0 aliphatic carbocycles. The number of phenolic OH excluding ortho intramolecular Hbond substituents is 1. The number of ketones is 1. The topological polar surface area (TPSA) is 92.4 Å². The number of hydrogen-bond donors (Lipinski definition) is 3. The minimum atomic E-state index is -1.52. The molecule has 1 unspecified atom stereocenters. The molecule has 5 heteroatoms. The summed E-state index contributed by atoms with van der Waals surface area (Å²) in [6.07, 6.45) is 2.96. The Morgan fingerprint density at radius 2 is 1.39 bits per heavy atom. The zero-order chi connectivity index (χ0) is 25.0. The fraction of sp³-hybridized carbons (Fsp3) is 0.500. The summed E-state index contributed by atoms with van der Waals surface area (Å²) in [5.74, 6) is -0.526. The number of aromatic hydroxyl groups is 1. The fourth-order valence-corrected chi connectivity index (χ4v) is 3.92. The molecule has 0 aliphatic rings. The van der Waals surface area contributed by atoms with Gasteiger partial charge in [-0.05, 0) is 35.8 Å². The Morgan fingerprint density at radius 3 is 1.85 bits per heavy atom. The van der Waals surface area contributed by atoms with Crippen LogP contribution in [0.25, 0.3) is 0 Å². The molecule has 0 saturated carbocycles. The standard InChI is InChI=1S/C28H40N2O3/c1-8-9-13-16-28(29,24(32)19-14-11-10-12-15-19)30-25(33)20-17-21(26(2,3)4)23(31)22(18-20)27(5,6)7/h10-12,14-15,17-18,31H,8-9,13,16,29H2,1-7H3,(H,30,33). The molecule has 2 aromatic carbocycles. The molecule has 2 aromatic rings. The number of hydrogen-bond acceptors (Lipinski definition) is 4. The summed E-state index contributed by atoms with van der Waals surface area (Å²) >= 11 is 0. The Kier molecular flexibility index (Phi) is 8.13. The molecular weight excluding hydrogens is 412 g/mol. The van der Waals surface area contributed by atoms with Crippen molar-refractivity contribution in [3.05, 3.63) is 64.7 Å². The van der Waals surface area contributed by atoms with Crippen molar-refractivity contribution in [3.8, 4) is 5.75 Å². The Bertz CT molecular complexity index is 949. The van der Waals surface area contributed by atoms with E-state index in [2.05, 4.69) is 12.2 Å². The van der Waals surface area contributed by atoms with Gasteiger partial charge in [-0.25, -0.2) is 0 Å². The summed E-state index contributed by atoms with van der Waals surface area (Å²) in [7, 11) is 0. The molecule has 0 aliphatic heterocycles. The summed E-state index contributed by atoms with van der Waals surface area (Å²) in [6, 6.07) is 12.2. The van der Waals surface area contributed by atoms with Crippen LogP contribution in [0.4, 0.5) is 0 Å². The van der Waals surface area contributed by atoms with Gasteiger partial charge < -0.3 is 16.2 Å². The van der Waals surface area contributed by atoms with Crippen molar-refractivity contribution in [1.82, 2.24) is 5.32 Å². The monoisotopic (exact) mass is 452 g/mol. The van der Waals surface area contributed by atoms with Gasteiger partial charge in [0.1, 0.15) is 5.75 Å². The maximum Gasteiger partial charge on any atom is 0.253 e. The predicted molar refractivity (Wildman–Crippen MR) is 135 cm³/mol. The summed E-state index contributed by atoms with van der Waals surface area (Å²) in [5.41, 5.74) is 6.55. The molecule has 2 rings (SSSR count). The molecule has 0 bridgehead atoms. The van der Waals surface area contributed by atoms with E-state index in [1.165, 1.54) is 0 Å². The van der Waals surface area contributed by atoms with Crippen LogP contribution in [0.1, 0.15) is 106 Å². The van der Waals surface area contributed by atoms with E-state index in [0.717, 1.165) is 19.3 Å². The molecule has 1 amide bonds. The summed E-state index contributed by atoms with van der Waals surface area (Å²) in [4.78, 5) is 26.8. The average molecular weight is 453 g/mol. The Labute approximate surface area is 198 Å². The van der Waals surface area contributed by atoms with E-state index >= 15 is 0 Å². The number of benzene rings is 2. The van der Waals surface area contributed by atoms with Crippen LogP contribution in [0, 0.1) is 0 Å². The lowest BCUT2D eigenvalue weighted by Crippen LogP contribution is -2.61. The molecular formula is C28H40N2O3. The van der Waals surface area contributed by atoms with Crippen molar-refractivity contribution in [2.45, 2.75) is 90.6 Å². The zero-order valence-corrected chi connectivity index (χ0v) is 21.2. The molecule has 4 N–H and O–H groups in total. The molecule has 5 nitrogen and oxygen atoms in total. The van der Waals surface area contributed by atoms with Gasteiger partial charge in [0.2, 0.25) is 5.78 Å². The number of nitrogens with one attached hydrogen (secondary N) is 1. The van der Waals surface area contributed by atoms with Crippen molar-refractivity contribution in [2.24, 2.45) is 5.73 Å². The third-order valence-electron chi connectivity index (χ3n) is 5.94. The maximum atomic E-state index is 13.5. The Hall–Kier alpha value is -2.66. The van der Waals surface area contributed by atoms with E-state index in [4.69, 9.17) is 5.73 Å². The largest absolute Gasteiger partial charge is 0.507 e. The zero-order valence-electron chi connectivity index (χ0n) is 21.2. The van der Waals surface area contributed by atoms with Crippen LogP contribution in [0.15, 0.2) is 42.5 Å². The third-order valence-corrected chi connectivity index (χ3v) is 5.94. The van der Waals surface area contributed by atoms with E-state index in [9.17, 15) is 14.7 Å². The Morgan fingerprint density at radius 1 is 0.879 bits per heavy atom. The summed E-state index contributed by atoms with van der Waals surface area (Å²) in [5, 5.41) is 13.8. The Balaban J connectivity index is 2.51. The van der Waals surface area contributed by atoms with E-state index in [1.54, 1.807) is 36.4 Å². The number of unbranched alkanes of at least 4 members (excludes halogenated alkanes) is 2.